The lowest BCUT2D eigenvalue weighted by Crippen LogP contribution is -2.28. The number of hydrogen-bond donors (Lipinski definition) is 1. The van der Waals surface area contributed by atoms with E-state index < -0.39 is 0 Å². The number of carbonyl (C=O) groups excluding carboxylic acids is 1. The normalized spacial score (nSPS) is 11.2. The first-order valence-electron chi connectivity index (χ1n) is 10.9. The molecule has 0 atom stereocenters. The fourth-order valence-corrected chi connectivity index (χ4v) is 3.59. The number of benzene rings is 2. The zero-order valence-electron chi connectivity index (χ0n) is 18.6. The average Bonchev–Trinajstić information content (AvgIpc) is 3.07. The molecular formula is C25H33N3O2. The molecule has 0 aliphatic carbocycles. The Kier molecular flexibility index (Phi) is 7.50. The van der Waals surface area contributed by atoms with Gasteiger partial charge >= 0.3 is 0 Å². The summed E-state index contributed by atoms with van der Waals surface area (Å²) in [6.45, 7) is 10.2. The number of para-hydroxylation sites is 2. The highest BCUT2D eigenvalue weighted by Crippen LogP contribution is 2.20. The van der Waals surface area contributed by atoms with E-state index in [0.29, 0.717) is 13.2 Å². The van der Waals surface area contributed by atoms with E-state index in [-0.39, 0.29) is 11.8 Å². The van der Waals surface area contributed by atoms with Crippen LogP contribution in [0.15, 0.2) is 42.5 Å². The van der Waals surface area contributed by atoms with Crippen LogP contribution in [0.2, 0.25) is 0 Å². The van der Waals surface area contributed by atoms with Gasteiger partial charge < -0.3 is 14.6 Å². The lowest BCUT2D eigenvalue weighted by atomic mass is 10.1. The van der Waals surface area contributed by atoms with Crippen LogP contribution in [0.3, 0.4) is 0 Å². The van der Waals surface area contributed by atoms with Crippen LogP contribution in [0.1, 0.15) is 43.6 Å². The van der Waals surface area contributed by atoms with Gasteiger partial charge in [0.05, 0.1) is 17.6 Å². The predicted molar refractivity (Wildman–Crippen MR) is 122 cm³/mol. The number of rotatable bonds is 10. The number of imidazole rings is 1. The highest BCUT2D eigenvalue weighted by atomic mass is 16.5. The zero-order valence-corrected chi connectivity index (χ0v) is 18.6. The molecule has 160 valence electrons. The van der Waals surface area contributed by atoms with Crippen molar-refractivity contribution in [1.82, 2.24) is 14.9 Å². The summed E-state index contributed by atoms with van der Waals surface area (Å²) in [5.41, 5.74) is 4.60. The van der Waals surface area contributed by atoms with Crippen molar-refractivity contribution in [3.05, 3.63) is 59.4 Å². The second-order valence-corrected chi connectivity index (χ2v) is 8.19. The summed E-state index contributed by atoms with van der Waals surface area (Å²) in [6, 6.07) is 14.5. The molecule has 0 radical (unpaired) electrons. The van der Waals surface area contributed by atoms with E-state index in [2.05, 4.69) is 54.1 Å². The Bertz CT molecular complexity index is 991. The monoisotopic (exact) mass is 407 g/mol. The molecule has 0 saturated carbocycles. The molecule has 3 aromatic rings. The first-order valence-corrected chi connectivity index (χ1v) is 10.9. The molecule has 0 saturated heterocycles. The van der Waals surface area contributed by atoms with Crippen molar-refractivity contribution < 1.29 is 9.53 Å². The molecule has 0 spiro atoms. The maximum Gasteiger partial charge on any atom is 0.222 e. The molecule has 0 unspecified atom stereocenters. The minimum atomic E-state index is 0.0201. The smallest absolute Gasteiger partial charge is 0.222 e. The van der Waals surface area contributed by atoms with Gasteiger partial charge in [-0.25, -0.2) is 4.98 Å². The van der Waals surface area contributed by atoms with Crippen molar-refractivity contribution >= 4 is 16.9 Å². The van der Waals surface area contributed by atoms with Crippen LogP contribution >= 0.6 is 0 Å². The van der Waals surface area contributed by atoms with Gasteiger partial charge in [-0.05, 0) is 50.5 Å². The van der Waals surface area contributed by atoms with E-state index in [1.54, 1.807) is 0 Å². The Morgan fingerprint density at radius 2 is 1.93 bits per heavy atom. The van der Waals surface area contributed by atoms with Gasteiger partial charge in [0.2, 0.25) is 5.91 Å². The van der Waals surface area contributed by atoms with Gasteiger partial charge in [0.25, 0.3) is 0 Å². The van der Waals surface area contributed by atoms with Crippen molar-refractivity contribution in [2.45, 2.75) is 53.5 Å². The number of amides is 1. The van der Waals surface area contributed by atoms with Crippen LogP contribution in [0.5, 0.6) is 5.75 Å². The molecule has 0 bridgehead atoms. The molecule has 0 aliphatic rings. The molecule has 1 heterocycles. The lowest BCUT2D eigenvalue weighted by Gasteiger charge is -2.12. The second-order valence-electron chi connectivity index (χ2n) is 8.19. The molecule has 1 N–H and O–H groups in total. The first kappa shape index (κ1) is 21.9. The van der Waals surface area contributed by atoms with Gasteiger partial charge in [0, 0.05) is 25.4 Å². The van der Waals surface area contributed by atoms with Crippen LogP contribution in [-0.2, 0) is 17.8 Å². The van der Waals surface area contributed by atoms with E-state index in [4.69, 9.17) is 9.72 Å². The third-order valence-electron chi connectivity index (χ3n) is 5.25. The largest absolute Gasteiger partial charge is 0.493 e. The van der Waals surface area contributed by atoms with Gasteiger partial charge in [-0.2, -0.15) is 0 Å². The molecule has 2 aromatic carbocycles. The lowest BCUT2D eigenvalue weighted by molar-refractivity contribution is -0.123. The molecule has 30 heavy (non-hydrogen) atoms. The number of aromatic nitrogens is 2. The third kappa shape index (κ3) is 5.62. The number of aryl methyl sites for hydroxylation is 4. The Balaban J connectivity index is 1.59. The summed E-state index contributed by atoms with van der Waals surface area (Å²) in [6.07, 6.45) is 2.62. The van der Waals surface area contributed by atoms with E-state index in [1.165, 1.54) is 11.1 Å². The number of nitrogens with one attached hydrogen (secondary N) is 1. The standard InChI is InChI=1S/C25H33N3O2/c1-18(2)25(29)26-14-7-11-24-27-21-9-5-6-10-22(21)28(24)15-8-16-30-23-13-12-19(3)17-20(23)4/h5-6,9-10,12-13,17-18H,7-8,11,14-16H2,1-4H3,(H,26,29). The summed E-state index contributed by atoms with van der Waals surface area (Å²) >= 11 is 0. The van der Waals surface area contributed by atoms with Gasteiger partial charge in [-0.15, -0.1) is 0 Å². The Morgan fingerprint density at radius 3 is 2.70 bits per heavy atom. The van der Waals surface area contributed by atoms with E-state index >= 15 is 0 Å². The summed E-state index contributed by atoms with van der Waals surface area (Å²) < 4.78 is 8.30. The minimum absolute atomic E-state index is 0.0201. The number of fused-ring (bicyclic) bond motifs is 1. The molecule has 1 amide bonds. The number of ether oxygens (including phenoxy) is 1. The van der Waals surface area contributed by atoms with Crippen molar-refractivity contribution in [2.24, 2.45) is 5.92 Å². The topological polar surface area (TPSA) is 56.1 Å². The van der Waals surface area contributed by atoms with Crippen LogP contribution in [0, 0.1) is 19.8 Å². The van der Waals surface area contributed by atoms with Crippen molar-refractivity contribution in [3.63, 3.8) is 0 Å². The molecule has 0 fully saturated rings. The fourth-order valence-electron chi connectivity index (χ4n) is 3.59. The average molecular weight is 408 g/mol. The van der Waals surface area contributed by atoms with Crippen LogP contribution in [-0.4, -0.2) is 28.6 Å². The second kappa shape index (κ2) is 10.3. The summed E-state index contributed by atoms with van der Waals surface area (Å²) in [7, 11) is 0. The van der Waals surface area contributed by atoms with Crippen LogP contribution in [0.25, 0.3) is 11.0 Å². The van der Waals surface area contributed by atoms with Crippen LogP contribution in [0.4, 0.5) is 0 Å². The molecular weight excluding hydrogens is 374 g/mol. The summed E-state index contributed by atoms with van der Waals surface area (Å²) in [5, 5.41) is 2.99. The van der Waals surface area contributed by atoms with Gasteiger partial charge in [0.1, 0.15) is 11.6 Å². The quantitative estimate of drug-likeness (QED) is 0.490. The van der Waals surface area contributed by atoms with E-state index in [0.717, 1.165) is 48.4 Å². The molecule has 5 nitrogen and oxygen atoms in total. The fraction of sp³-hybridized carbons (Fsp3) is 0.440. The van der Waals surface area contributed by atoms with Gasteiger partial charge in [0.15, 0.2) is 0 Å². The molecule has 0 aliphatic heterocycles. The summed E-state index contributed by atoms with van der Waals surface area (Å²) in [4.78, 5) is 16.6. The van der Waals surface area contributed by atoms with Crippen molar-refractivity contribution in [3.8, 4) is 5.75 Å². The summed E-state index contributed by atoms with van der Waals surface area (Å²) in [5.74, 6) is 2.15. The Hall–Kier alpha value is -2.82. The third-order valence-corrected chi connectivity index (χ3v) is 5.25. The number of carbonyl (C=O) groups is 1. The number of hydrogen-bond acceptors (Lipinski definition) is 3. The van der Waals surface area contributed by atoms with E-state index in [9.17, 15) is 4.79 Å². The van der Waals surface area contributed by atoms with E-state index in [1.807, 2.05) is 26.0 Å². The maximum atomic E-state index is 11.8. The predicted octanol–water partition coefficient (Wildman–Crippen LogP) is 4.83. The van der Waals surface area contributed by atoms with Gasteiger partial charge in [-0.1, -0.05) is 43.7 Å². The van der Waals surface area contributed by atoms with Crippen molar-refractivity contribution in [2.75, 3.05) is 13.2 Å². The van der Waals surface area contributed by atoms with Crippen LogP contribution < -0.4 is 10.1 Å². The molecule has 1 aromatic heterocycles. The SMILES string of the molecule is Cc1ccc(OCCCn2c(CCCNC(=O)C(C)C)nc3ccccc32)c(C)c1. The Morgan fingerprint density at radius 1 is 1.13 bits per heavy atom. The number of nitrogens with zero attached hydrogens (tertiary/aromatic N) is 2. The van der Waals surface area contributed by atoms with Crippen molar-refractivity contribution in [1.29, 1.82) is 0 Å². The molecule has 5 heteroatoms. The zero-order chi connectivity index (χ0) is 21.5. The first-order chi connectivity index (χ1) is 14.5. The Labute approximate surface area is 179 Å². The maximum absolute atomic E-state index is 11.8. The highest BCUT2D eigenvalue weighted by Gasteiger charge is 2.11. The minimum Gasteiger partial charge on any atom is -0.493 e. The highest BCUT2D eigenvalue weighted by molar-refractivity contribution is 5.77. The molecule has 3 rings (SSSR count). The van der Waals surface area contributed by atoms with Gasteiger partial charge in [-0.3, -0.25) is 4.79 Å².